The number of rotatable bonds is 8. The maximum atomic E-state index is 12.4. The minimum absolute atomic E-state index is 0.177. The van der Waals surface area contributed by atoms with Gasteiger partial charge in [0.25, 0.3) is 0 Å². The molecule has 2 aromatic rings. The number of esters is 1. The molecule has 29 heavy (non-hydrogen) atoms. The molecule has 7 nitrogen and oxygen atoms in total. The second-order valence-electron chi connectivity index (χ2n) is 6.87. The van der Waals surface area contributed by atoms with Crippen LogP contribution in [0.2, 0.25) is 0 Å². The molecular weight excluding hydrogens is 376 g/mol. The number of cyclic esters (lactones) is 1. The Morgan fingerprint density at radius 2 is 1.52 bits per heavy atom. The van der Waals surface area contributed by atoms with Gasteiger partial charge in [-0.05, 0) is 41.8 Å². The van der Waals surface area contributed by atoms with Gasteiger partial charge in [-0.1, -0.05) is 12.1 Å². The first kappa shape index (κ1) is 20.8. The van der Waals surface area contributed by atoms with Crippen molar-refractivity contribution < 1.29 is 33.6 Å². The lowest BCUT2D eigenvalue weighted by atomic mass is 9.83. The fraction of sp³-hybridized carbons (Fsp3) is 0.409. The molecule has 2 aromatic carbocycles. The van der Waals surface area contributed by atoms with Crippen molar-refractivity contribution in [3.63, 3.8) is 0 Å². The molecule has 1 aliphatic heterocycles. The monoisotopic (exact) mass is 402 g/mol. The van der Waals surface area contributed by atoms with Crippen LogP contribution in [0.15, 0.2) is 36.4 Å². The van der Waals surface area contributed by atoms with Crippen molar-refractivity contribution in [3.8, 4) is 23.0 Å². The van der Waals surface area contributed by atoms with Gasteiger partial charge in [-0.2, -0.15) is 0 Å². The zero-order valence-electron chi connectivity index (χ0n) is 17.0. The predicted molar refractivity (Wildman–Crippen MR) is 106 cm³/mol. The summed E-state index contributed by atoms with van der Waals surface area (Å²) in [4.78, 5) is 12.4. The number of ether oxygens (including phenoxy) is 5. The molecule has 2 unspecified atom stereocenters. The number of carbonyl (C=O) groups excluding carboxylic acids is 1. The van der Waals surface area contributed by atoms with Crippen molar-refractivity contribution in [2.75, 3.05) is 35.0 Å². The van der Waals surface area contributed by atoms with Crippen molar-refractivity contribution >= 4 is 5.97 Å². The van der Waals surface area contributed by atoms with Gasteiger partial charge in [-0.3, -0.25) is 4.79 Å². The van der Waals surface area contributed by atoms with E-state index in [0.29, 0.717) is 35.0 Å². The van der Waals surface area contributed by atoms with Crippen molar-refractivity contribution in [1.29, 1.82) is 0 Å². The number of benzene rings is 2. The van der Waals surface area contributed by atoms with E-state index in [9.17, 15) is 9.90 Å². The Morgan fingerprint density at radius 1 is 0.931 bits per heavy atom. The maximum absolute atomic E-state index is 12.4. The average molecular weight is 402 g/mol. The molecule has 1 fully saturated rings. The summed E-state index contributed by atoms with van der Waals surface area (Å²) in [6.45, 7) is 0.252. The number of carbonyl (C=O) groups is 1. The Bertz CT molecular complexity index is 864. The number of hydrogen-bond donors (Lipinski definition) is 1. The normalized spacial score (nSPS) is 19.4. The molecular formula is C22H26O7. The zero-order chi connectivity index (χ0) is 21.0. The van der Waals surface area contributed by atoms with Gasteiger partial charge in [0.2, 0.25) is 0 Å². The predicted octanol–water partition coefficient (Wildman–Crippen LogP) is 2.79. The Kier molecular flexibility index (Phi) is 6.49. The zero-order valence-corrected chi connectivity index (χ0v) is 17.0. The Balaban J connectivity index is 1.83. The Hall–Kier alpha value is -2.93. The first-order valence-corrected chi connectivity index (χ1v) is 9.29. The van der Waals surface area contributed by atoms with Crippen LogP contribution >= 0.6 is 0 Å². The summed E-state index contributed by atoms with van der Waals surface area (Å²) in [5, 5.41) is 11.0. The Labute approximate surface area is 170 Å². The maximum Gasteiger partial charge on any atom is 0.312 e. The van der Waals surface area contributed by atoms with Crippen molar-refractivity contribution in [2.24, 2.45) is 11.8 Å². The topological polar surface area (TPSA) is 83.5 Å². The van der Waals surface area contributed by atoms with Gasteiger partial charge in [0.15, 0.2) is 23.0 Å². The second kappa shape index (κ2) is 9.05. The van der Waals surface area contributed by atoms with E-state index in [0.717, 1.165) is 5.56 Å². The summed E-state index contributed by atoms with van der Waals surface area (Å²) in [6, 6.07) is 10.7. The van der Waals surface area contributed by atoms with E-state index in [1.165, 1.54) is 7.11 Å². The van der Waals surface area contributed by atoms with Gasteiger partial charge in [0.1, 0.15) is 0 Å². The van der Waals surface area contributed by atoms with E-state index in [-0.39, 0.29) is 12.5 Å². The number of aliphatic hydroxyl groups excluding tert-OH is 1. The van der Waals surface area contributed by atoms with Gasteiger partial charge in [0, 0.05) is 5.92 Å². The van der Waals surface area contributed by atoms with Crippen molar-refractivity contribution in [1.82, 2.24) is 0 Å². The highest BCUT2D eigenvalue weighted by Gasteiger charge is 2.42. The SMILES string of the molecule is COc1ccc(C[C@H]2COC(=O)C2C(O)c2ccc(OC)c(OC)c2)cc1OC. The fourth-order valence-corrected chi connectivity index (χ4v) is 3.71. The molecule has 0 radical (unpaired) electrons. The molecule has 1 saturated heterocycles. The van der Waals surface area contributed by atoms with E-state index in [1.807, 2.05) is 18.2 Å². The quantitative estimate of drug-likeness (QED) is 0.680. The molecule has 0 saturated carbocycles. The molecule has 3 rings (SSSR count). The summed E-state index contributed by atoms with van der Waals surface area (Å²) in [7, 11) is 6.23. The van der Waals surface area contributed by atoms with Gasteiger partial charge in [-0.15, -0.1) is 0 Å². The van der Waals surface area contributed by atoms with Crippen molar-refractivity contribution in [3.05, 3.63) is 47.5 Å². The molecule has 0 aromatic heterocycles. The summed E-state index contributed by atoms with van der Waals surface area (Å²) < 4.78 is 26.5. The van der Waals surface area contributed by atoms with Gasteiger partial charge in [0.05, 0.1) is 47.1 Å². The molecule has 1 heterocycles. The summed E-state index contributed by atoms with van der Waals surface area (Å²) in [5.41, 5.74) is 1.54. The van der Waals surface area contributed by atoms with E-state index >= 15 is 0 Å². The van der Waals surface area contributed by atoms with Crippen LogP contribution < -0.4 is 18.9 Å². The molecule has 156 valence electrons. The van der Waals surface area contributed by atoms with Crippen LogP contribution in [0.3, 0.4) is 0 Å². The van der Waals surface area contributed by atoms with E-state index in [1.54, 1.807) is 39.5 Å². The van der Waals surface area contributed by atoms with Gasteiger partial charge >= 0.3 is 5.97 Å². The van der Waals surface area contributed by atoms with Crippen LogP contribution in [0, 0.1) is 11.8 Å². The third-order valence-corrected chi connectivity index (χ3v) is 5.25. The molecule has 0 amide bonds. The number of aliphatic hydroxyl groups is 1. The lowest BCUT2D eigenvalue weighted by Gasteiger charge is -2.22. The molecule has 0 bridgehead atoms. The lowest BCUT2D eigenvalue weighted by Crippen LogP contribution is -2.25. The molecule has 1 aliphatic rings. The molecule has 0 aliphatic carbocycles. The highest BCUT2D eigenvalue weighted by Crippen LogP contribution is 2.39. The highest BCUT2D eigenvalue weighted by atomic mass is 16.5. The highest BCUT2D eigenvalue weighted by molar-refractivity contribution is 5.76. The number of hydrogen-bond acceptors (Lipinski definition) is 7. The summed E-state index contributed by atoms with van der Waals surface area (Å²) >= 11 is 0. The fourth-order valence-electron chi connectivity index (χ4n) is 3.71. The van der Waals surface area contributed by atoms with Crippen LogP contribution in [0.4, 0.5) is 0 Å². The van der Waals surface area contributed by atoms with Gasteiger partial charge in [-0.25, -0.2) is 0 Å². The van der Waals surface area contributed by atoms with Crippen molar-refractivity contribution in [2.45, 2.75) is 12.5 Å². The molecule has 1 N–H and O–H groups in total. The minimum atomic E-state index is -1.02. The Morgan fingerprint density at radius 3 is 2.14 bits per heavy atom. The first-order valence-electron chi connectivity index (χ1n) is 9.29. The van der Waals surface area contributed by atoms with Crippen LogP contribution in [0.1, 0.15) is 17.2 Å². The van der Waals surface area contributed by atoms with Crippen LogP contribution in [-0.4, -0.2) is 46.1 Å². The van der Waals surface area contributed by atoms with E-state index in [2.05, 4.69) is 0 Å². The lowest BCUT2D eigenvalue weighted by molar-refractivity contribution is -0.144. The van der Waals surface area contributed by atoms with E-state index < -0.39 is 18.0 Å². The minimum Gasteiger partial charge on any atom is -0.493 e. The largest absolute Gasteiger partial charge is 0.493 e. The van der Waals surface area contributed by atoms with Crippen LogP contribution in [-0.2, 0) is 16.0 Å². The first-order chi connectivity index (χ1) is 14.0. The number of methoxy groups -OCH3 is 4. The average Bonchev–Trinajstić information content (AvgIpc) is 3.12. The van der Waals surface area contributed by atoms with Gasteiger partial charge < -0.3 is 28.8 Å². The smallest absolute Gasteiger partial charge is 0.312 e. The van der Waals surface area contributed by atoms with Crippen LogP contribution in [0.5, 0.6) is 23.0 Å². The van der Waals surface area contributed by atoms with Crippen LogP contribution in [0.25, 0.3) is 0 Å². The molecule has 7 heteroatoms. The standard InChI is InChI=1S/C22H26O7/c1-25-16-7-5-13(10-18(16)27-3)9-15-12-29-22(24)20(15)21(23)14-6-8-17(26-2)19(11-14)28-4/h5-8,10-11,15,20-21,23H,9,12H2,1-4H3/t15-,20?,21?/m0/s1. The van der Waals surface area contributed by atoms with E-state index in [4.69, 9.17) is 23.7 Å². The second-order valence-corrected chi connectivity index (χ2v) is 6.87. The summed E-state index contributed by atoms with van der Waals surface area (Å²) in [5.74, 6) is 1.04. The third kappa shape index (κ3) is 4.24. The third-order valence-electron chi connectivity index (χ3n) is 5.25. The molecule has 0 spiro atoms. The molecule has 3 atom stereocenters. The summed E-state index contributed by atoms with van der Waals surface area (Å²) in [6.07, 6.45) is -0.462.